The van der Waals surface area contributed by atoms with Crippen LogP contribution in [-0.4, -0.2) is 27.2 Å². The fourth-order valence-electron chi connectivity index (χ4n) is 1.73. The average molecular weight is 273 g/mol. The number of nitrogens with zero attached hydrogens (tertiary/aromatic N) is 3. The van der Waals surface area contributed by atoms with Crippen molar-refractivity contribution < 1.29 is 4.79 Å². The summed E-state index contributed by atoms with van der Waals surface area (Å²) < 4.78 is 1.71. The van der Waals surface area contributed by atoms with E-state index in [1.807, 2.05) is 19.3 Å². The van der Waals surface area contributed by atoms with Gasteiger partial charge in [0.15, 0.2) is 0 Å². The maximum atomic E-state index is 12.0. The molecule has 2 aromatic rings. The molecule has 0 atom stereocenters. The number of carbonyl (C=O) groups is 1. The van der Waals surface area contributed by atoms with Gasteiger partial charge in [0.1, 0.15) is 5.82 Å². The number of aryl methyl sites for hydroxylation is 1. The zero-order chi connectivity index (χ0) is 14.4. The van der Waals surface area contributed by atoms with E-state index in [1.54, 1.807) is 23.1 Å². The maximum absolute atomic E-state index is 12.0. The zero-order valence-electron chi connectivity index (χ0n) is 11.8. The van der Waals surface area contributed by atoms with Crippen LogP contribution in [0.4, 0.5) is 5.82 Å². The molecule has 6 heteroatoms. The smallest absolute Gasteiger partial charge is 0.253 e. The van der Waals surface area contributed by atoms with E-state index in [4.69, 9.17) is 0 Å². The number of anilines is 1. The van der Waals surface area contributed by atoms with Gasteiger partial charge in [-0.25, -0.2) is 4.98 Å². The number of nitrogens with one attached hydrogen (secondary N) is 2. The Morgan fingerprint density at radius 1 is 1.35 bits per heavy atom. The van der Waals surface area contributed by atoms with Crippen molar-refractivity contribution in [1.82, 2.24) is 20.1 Å². The molecule has 0 saturated carbocycles. The minimum Gasteiger partial charge on any atom is -0.370 e. The molecule has 20 heavy (non-hydrogen) atoms. The van der Waals surface area contributed by atoms with Crippen molar-refractivity contribution in [3.63, 3.8) is 0 Å². The molecule has 106 valence electrons. The van der Waals surface area contributed by atoms with Gasteiger partial charge in [-0.15, -0.1) is 0 Å². The lowest BCUT2D eigenvalue weighted by Crippen LogP contribution is -2.22. The Balaban J connectivity index is 1.88. The Morgan fingerprint density at radius 2 is 2.20 bits per heavy atom. The second kappa shape index (κ2) is 6.70. The summed E-state index contributed by atoms with van der Waals surface area (Å²) in [7, 11) is 1.84. The first-order chi connectivity index (χ1) is 9.69. The average Bonchev–Trinajstić information content (AvgIpc) is 2.89. The Labute approximate surface area is 118 Å². The summed E-state index contributed by atoms with van der Waals surface area (Å²) in [4.78, 5) is 16.2. The molecule has 6 nitrogen and oxygen atoms in total. The highest BCUT2D eigenvalue weighted by atomic mass is 16.1. The van der Waals surface area contributed by atoms with Crippen LogP contribution in [0.1, 0.15) is 29.3 Å². The number of carbonyl (C=O) groups excluding carboxylic acids is 1. The van der Waals surface area contributed by atoms with Gasteiger partial charge in [0.25, 0.3) is 5.91 Å². The Morgan fingerprint density at radius 3 is 2.80 bits per heavy atom. The topological polar surface area (TPSA) is 71.8 Å². The van der Waals surface area contributed by atoms with E-state index in [1.165, 1.54) is 0 Å². The molecule has 2 heterocycles. The van der Waals surface area contributed by atoms with Crippen LogP contribution in [0.15, 0.2) is 30.7 Å². The quantitative estimate of drug-likeness (QED) is 0.838. The summed E-state index contributed by atoms with van der Waals surface area (Å²) in [6.45, 7) is 3.43. The second-order valence-corrected chi connectivity index (χ2v) is 4.56. The second-order valence-electron chi connectivity index (χ2n) is 4.56. The largest absolute Gasteiger partial charge is 0.370 e. The number of hydrogen-bond donors (Lipinski definition) is 2. The molecular formula is C14H19N5O. The molecule has 0 spiro atoms. The van der Waals surface area contributed by atoms with Gasteiger partial charge in [-0.05, 0) is 18.6 Å². The van der Waals surface area contributed by atoms with Crippen molar-refractivity contribution in [1.29, 1.82) is 0 Å². The van der Waals surface area contributed by atoms with Crippen molar-refractivity contribution in [3.05, 3.63) is 41.9 Å². The summed E-state index contributed by atoms with van der Waals surface area (Å²) in [5.74, 6) is 0.652. The molecule has 0 bridgehead atoms. The number of aromatic nitrogens is 3. The summed E-state index contributed by atoms with van der Waals surface area (Å²) in [5.41, 5.74) is 1.52. The zero-order valence-corrected chi connectivity index (χ0v) is 11.8. The minimum absolute atomic E-state index is 0.136. The lowest BCUT2D eigenvalue weighted by atomic mass is 10.2. The van der Waals surface area contributed by atoms with Gasteiger partial charge < -0.3 is 10.6 Å². The predicted molar refractivity (Wildman–Crippen MR) is 77.4 cm³/mol. The van der Waals surface area contributed by atoms with Crippen LogP contribution in [0.5, 0.6) is 0 Å². The number of pyridine rings is 1. The van der Waals surface area contributed by atoms with Crippen LogP contribution >= 0.6 is 0 Å². The molecule has 2 aromatic heterocycles. The molecule has 0 aliphatic heterocycles. The first-order valence-electron chi connectivity index (χ1n) is 6.64. The van der Waals surface area contributed by atoms with Crippen LogP contribution in [0.3, 0.4) is 0 Å². The molecule has 1 amide bonds. The van der Waals surface area contributed by atoms with E-state index in [-0.39, 0.29) is 5.91 Å². The number of amides is 1. The molecule has 2 N–H and O–H groups in total. The van der Waals surface area contributed by atoms with E-state index < -0.39 is 0 Å². The highest BCUT2D eigenvalue weighted by molar-refractivity contribution is 5.93. The van der Waals surface area contributed by atoms with E-state index >= 15 is 0 Å². The summed E-state index contributed by atoms with van der Waals surface area (Å²) in [5, 5.41) is 10.1. The van der Waals surface area contributed by atoms with E-state index in [0.29, 0.717) is 12.1 Å². The third-order valence-corrected chi connectivity index (χ3v) is 2.79. The number of hydrogen-bond acceptors (Lipinski definition) is 4. The van der Waals surface area contributed by atoms with Gasteiger partial charge >= 0.3 is 0 Å². The number of rotatable bonds is 6. The lowest BCUT2D eigenvalue weighted by molar-refractivity contribution is 0.0950. The normalized spacial score (nSPS) is 10.3. The highest BCUT2D eigenvalue weighted by Gasteiger charge is 2.06. The van der Waals surface area contributed by atoms with E-state index in [0.717, 1.165) is 24.3 Å². The summed E-state index contributed by atoms with van der Waals surface area (Å²) in [6.07, 6.45) is 6.22. The van der Waals surface area contributed by atoms with Gasteiger partial charge in [-0.1, -0.05) is 6.92 Å². The fourth-order valence-corrected chi connectivity index (χ4v) is 1.73. The molecule has 0 fully saturated rings. The van der Waals surface area contributed by atoms with Crippen LogP contribution < -0.4 is 10.6 Å². The van der Waals surface area contributed by atoms with Gasteiger partial charge in [0, 0.05) is 38.1 Å². The minimum atomic E-state index is -0.136. The van der Waals surface area contributed by atoms with Crippen LogP contribution in [-0.2, 0) is 13.6 Å². The SMILES string of the molecule is CCCNc1ccc(C(=O)NCc2cnn(C)c2)cn1. The van der Waals surface area contributed by atoms with Crippen molar-refractivity contribution in [3.8, 4) is 0 Å². The van der Waals surface area contributed by atoms with Crippen molar-refractivity contribution >= 4 is 11.7 Å². The standard InChI is InChI=1S/C14H19N5O/c1-3-6-15-13-5-4-12(9-16-13)14(20)17-7-11-8-18-19(2)10-11/h4-5,8-10H,3,6-7H2,1-2H3,(H,15,16)(H,17,20). The molecule has 0 aromatic carbocycles. The molecular weight excluding hydrogens is 254 g/mol. The van der Waals surface area contributed by atoms with Gasteiger partial charge in [-0.2, -0.15) is 5.10 Å². The van der Waals surface area contributed by atoms with Crippen LogP contribution in [0.2, 0.25) is 0 Å². The van der Waals surface area contributed by atoms with Crippen LogP contribution in [0.25, 0.3) is 0 Å². The van der Waals surface area contributed by atoms with Gasteiger partial charge in [-0.3, -0.25) is 9.48 Å². The van der Waals surface area contributed by atoms with E-state index in [9.17, 15) is 4.79 Å². The third kappa shape index (κ3) is 3.81. The van der Waals surface area contributed by atoms with Gasteiger partial charge in [0.05, 0.1) is 11.8 Å². The molecule has 2 rings (SSSR count). The van der Waals surface area contributed by atoms with Gasteiger partial charge in [0.2, 0.25) is 0 Å². The third-order valence-electron chi connectivity index (χ3n) is 2.79. The summed E-state index contributed by atoms with van der Waals surface area (Å²) >= 11 is 0. The molecule has 0 unspecified atom stereocenters. The Kier molecular flexibility index (Phi) is 4.70. The van der Waals surface area contributed by atoms with Crippen molar-refractivity contribution in [2.75, 3.05) is 11.9 Å². The first kappa shape index (κ1) is 14.0. The maximum Gasteiger partial charge on any atom is 0.253 e. The van der Waals surface area contributed by atoms with E-state index in [2.05, 4.69) is 27.6 Å². The fraction of sp³-hybridized carbons (Fsp3) is 0.357. The Hall–Kier alpha value is -2.37. The highest BCUT2D eigenvalue weighted by Crippen LogP contribution is 2.05. The molecule has 0 aliphatic rings. The van der Waals surface area contributed by atoms with Crippen molar-refractivity contribution in [2.45, 2.75) is 19.9 Å². The first-order valence-corrected chi connectivity index (χ1v) is 6.64. The summed E-state index contributed by atoms with van der Waals surface area (Å²) in [6, 6.07) is 3.58. The predicted octanol–water partition coefficient (Wildman–Crippen LogP) is 1.57. The molecule has 0 radical (unpaired) electrons. The van der Waals surface area contributed by atoms with Crippen LogP contribution in [0, 0.1) is 0 Å². The Bertz CT molecular complexity index is 561. The molecule has 0 saturated heterocycles. The lowest BCUT2D eigenvalue weighted by Gasteiger charge is -2.06. The van der Waals surface area contributed by atoms with Crippen molar-refractivity contribution in [2.24, 2.45) is 7.05 Å². The monoisotopic (exact) mass is 273 g/mol. The molecule has 0 aliphatic carbocycles.